The predicted molar refractivity (Wildman–Crippen MR) is 155 cm³/mol. The molecule has 1 aliphatic rings. The van der Waals surface area contributed by atoms with Crippen molar-refractivity contribution < 1.29 is 26.3 Å². The number of likely N-dealkylation sites (tertiary alicyclic amines) is 1. The van der Waals surface area contributed by atoms with Crippen molar-refractivity contribution in [2.45, 2.75) is 63.5 Å². The first-order valence-corrected chi connectivity index (χ1v) is 14.7. The molecule has 234 valence electrons. The molecule has 0 amide bonds. The number of rotatable bonds is 10. The Bertz CT molecular complexity index is 1540. The van der Waals surface area contributed by atoms with E-state index in [1.165, 1.54) is 14.8 Å². The number of aryl methyl sites for hydroxylation is 3. The second-order valence-corrected chi connectivity index (χ2v) is 11.3. The Morgan fingerprint density at radius 2 is 1.32 bits per heavy atom. The molecule has 0 unspecified atom stereocenters. The topological polar surface area (TPSA) is 43.1 Å². The quantitative estimate of drug-likeness (QED) is 0.177. The first kappa shape index (κ1) is 31.6. The average Bonchev–Trinajstić information content (AvgIpc) is 3.30. The summed E-state index contributed by atoms with van der Waals surface area (Å²) in [6.07, 6.45) is -7.19. The predicted octanol–water partition coefficient (Wildman–Crippen LogP) is 7.19. The van der Waals surface area contributed by atoms with Gasteiger partial charge < -0.3 is 4.90 Å². The molecule has 0 aliphatic carbocycles. The van der Waals surface area contributed by atoms with Crippen molar-refractivity contribution in [3.05, 3.63) is 123 Å². The molecule has 0 saturated carbocycles. The molecule has 2 heterocycles. The molecule has 3 aromatic carbocycles. The molecule has 0 spiro atoms. The molecule has 5 nitrogen and oxygen atoms in total. The maximum Gasteiger partial charge on any atom is 0.416 e. The van der Waals surface area contributed by atoms with E-state index in [4.69, 9.17) is 0 Å². The zero-order valence-electron chi connectivity index (χ0n) is 24.1. The summed E-state index contributed by atoms with van der Waals surface area (Å²) in [5.74, 6) is 0.851. The van der Waals surface area contributed by atoms with E-state index in [2.05, 4.69) is 34.3 Å². The summed E-state index contributed by atoms with van der Waals surface area (Å²) < 4.78 is 83.1. The summed E-state index contributed by atoms with van der Waals surface area (Å²) in [4.78, 5) is 15.8. The van der Waals surface area contributed by atoms with E-state index in [1.807, 2.05) is 36.4 Å². The summed E-state index contributed by atoms with van der Waals surface area (Å²) >= 11 is 0. The van der Waals surface area contributed by atoms with Crippen LogP contribution in [0.4, 0.5) is 26.3 Å². The van der Waals surface area contributed by atoms with Crippen LogP contribution in [0.3, 0.4) is 0 Å². The van der Waals surface area contributed by atoms with Crippen molar-refractivity contribution in [2.75, 3.05) is 19.6 Å². The molecule has 0 atom stereocenters. The lowest BCUT2D eigenvalue weighted by atomic mass is 9.89. The third-order valence-corrected chi connectivity index (χ3v) is 8.17. The second kappa shape index (κ2) is 13.4. The van der Waals surface area contributed by atoms with Gasteiger partial charge in [-0.2, -0.15) is 31.4 Å². The normalized spacial score (nSPS) is 15.1. The fraction of sp³-hybridized carbons (Fsp3) is 0.394. The average molecular weight is 617 g/mol. The van der Waals surface area contributed by atoms with E-state index in [9.17, 15) is 31.1 Å². The number of piperidine rings is 1. The van der Waals surface area contributed by atoms with Gasteiger partial charge >= 0.3 is 18.0 Å². The summed E-state index contributed by atoms with van der Waals surface area (Å²) in [5, 5.41) is 4.50. The van der Waals surface area contributed by atoms with Gasteiger partial charge in [0.2, 0.25) is 0 Å². The molecule has 0 bridgehead atoms. The molecule has 4 aromatic rings. The first-order valence-electron chi connectivity index (χ1n) is 14.7. The lowest BCUT2D eigenvalue weighted by Crippen LogP contribution is -2.34. The Hall–Kier alpha value is -3.86. The highest BCUT2D eigenvalue weighted by Crippen LogP contribution is 2.36. The number of nitrogens with zero attached hydrogens (tertiary/aromatic N) is 4. The SMILES string of the molecule is O=c1n(CCCN2CCC(c3ccccc3)CC2)nc(CCc2cc(C(F)(F)F)cc(C(F)(F)F)c2)n1Cc1ccccc1. The number of halogens is 6. The van der Waals surface area contributed by atoms with Crippen LogP contribution in [0.5, 0.6) is 0 Å². The molecule has 1 fully saturated rings. The second-order valence-electron chi connectivity index (χ2n) is 11.3. The summed E-state index contributed by atoms with van der Waals surface area (Å²) in [6, 6.07) is 21.2. The maximum absolute atomic E-state index is 13.4. The molecular weight excluding hydrogens is 582 g/mol. The number of hydrogen-bond donors (Lipinski definition) is 0. The van der Waals surface area contributed by atoms with Crippen LogP contribution in [0.2, 0.25) is 0 Å². The smallest absolute Gasteiger partial charge is 0.303 e. The monoisotopic (exact) mass is 616 g/mol. The van der Waals surface area contributed by atoms with Crippen LogP contribution in [0.15, 0.2) is 83.7 Å². The van der Waals surface area contributed by atoms with E-state index in [-0.39, 0.29) is 36.7 Å². The van der Waals surface area contributed by atoms with Crippen molar-refractivity contribution >= 4 is 0 Å². The van der Waals surface area contributed by atoms with Gasteiger partial charge in [0.05, 0.1) is 17.7 Å². The van der Waals surface area contributed by atoms with E-state index in [0.717, 1.165) is 50.2 Å². The van der Waals surface area contributed by atoms with Gasteiger partial charge in [-0.15, -0.1) is 0 Å². The van der Waals surface area contributed by atoms with Crippen molar-refractivity contribution in [3.63, 3.8) is 0 Å². The highest BCUT2D eigenvalue weighted by atomic mass is 19.4. The zero-order chi connectivity index (χ0) is 31.3. The fourth-order valence-electron chi connectivity index (χ4n) is 5.82. The molecule has 1 aromatic heterocycles. The van der Waals surface area contributed by atoms with Crippen molar-refractivity contribution in [2.24, 2.45) is 0 Å². The van der Waals surface area contributed by atoms with E-state index in [1.54, 1.807) is 0 Å². The summed E-state index contributed by atoms with van der Waals surface area (Å²) in [6.45, 7) is 3.25. The summed E-state index contributed by atoms with van der Waals surface area (Å²) in [7, 11) is 0. The molecule has 0 N–H and O–H groups in total. The Morgan fingerprint density at radius 3 is 1.91 bits per heavy atom. The van der Waals surface area contributed by atoms with Crippen molar-refractivity contribution in [3.8, 4) is 0 Å². The molecule has 1 aliphatic heterocycles. The van der Waals surface area contributed by atoms with Gasteiger partial charge in [-0.25, -0.2) is 9.48 Å². The Kier molecular flexibility index (Phi) is 9.62. The Balaban J connectivity index is 1.28. The molecule has 0 radical (unpaired) electrons. The maximum atomic E-state index is 13.4. The van der Waals surface area contributed by atoms with E-state index < -0.39 is 23.5 Å². The Morgan fingerprint density at radius 1 is 0.727 bits per heavy atom. The van der Waals surface area contributed by atoms with Gasteiger partial charge in [-0.05, 0) is 86.1 Å². The largest absolute Gasteiger partial charge is 0.416 e. The zero-order valence-corrected chi connectivity index (χ0v) is 24.1. The lowest BCUT2D eigenvalue weighted by Gasteiger charge is -2.32. The molecule has 1 saturated heterocycles. The minimum Gasteiger partial charge on any atom is -0.303 e. The van der Waals surface area contributed by atoms with Crippen LogP contribution in [0, 0.1) is 0 Å². The summed E-state index contributed by atoms with van der Waals surface area (Å²) in [5.41, 5.74) is -1.01. The van der Waals surface area contributed by atoms with Crippen LogP contribution >= 0.6 is 0 Å². The van der Waals surface area contributed by atoms with Gasteiger partial charge in [0, 0.05) is 13.0 Å². The number of hydrogen-bond acceptors (Lipinski definition) is 3. The van der Waals surface area contributed by atoms with Crippen LogP contribution in [0.25, 0.3) is 0 Å². The number of alkyl halides is 6. The van der Waals surface area contributed by atoms with Gasteiger partial charge in [0.25, 0.3) is 0 Å². The molecule has 44 heavy (non-hydrogen) atoms. The molecule has 11 heteroatoms. The van der Waals surface area contributed by atoms with Gasteiger partial charge in [-0.1, -0.05) is 60.7 Å². The highest BCUT2D eigenvalue weighted by Gasteiger charge is 2.37. The number of aromatic nitrogens is 3. The highest BCUT2D eigenvalue weighted by molar-refractivity contribution is 5.34. The fourth-order valence-corrected chi connectivity index (χ4v) is 5.82. The number of benzene rings is 3. The van der Waals surface area contributed by atoms with Crippen LogP contribution in [-0.2, 0) is 38.3 Å². The van der Waals surface area contributed by atoms with Crippen molar-refractivity contribution in [1.82, 2.24) is 19.2 Å². The minimum absolute atomic E-state index is 0.000675. The van der Waals surface area contributed by atoms with Crippen LogP contribution < -0.4 is 5.69 Å². The van der Waals surface area contributed by atoms with Crippen LogP contribution in [0.1, 0.15) is 58.8 Å². The van der Waals surface area contributed by atoms with E-state index in [0.29, 0.717) is 24.7 Å². The van der Waals surface area contributed by atoms with Gasteiger partial charge in [0.15, 0.2) is 0 Å². The van der Waals surface area contributed by atoms with Crippen LogP contribution in [-0.4, -0.2) is 38.9 Å². The minimum atomic E-state index is -4.93. The molecule has 5 rings (SSSR count). The molecular formula is C33H34F6N4O. The lowest BCUT2D eigenvalue weighted by molar-refractivity contribution is -0.143. The van der Waals surface area contributed by atoms with E-state index >= 15 is 0 Å². The third-order valence-electron chi connectivity index (χ3n) is 8.17. The van der Waals surface area contributed by atoms with Gasteiger partial charge in [-0.3, -0.25) is 4.57 Å². The standard InChI is InChI=1S/C33H34F6N4O/c34-32(35,36)28-20-25(21-29(22-28)33(37,38)39)12-13-30-40-43(31(44)42(30)23-24-8-3-1-4-9-24)17-7-16-41-18-14-27(15-19-41)26-10-5-2-6-11-26/h1-6,8-11,20-22,27H,7,12-19,23H2. The van der Waals surface area contributed by atoms with Crippen molar-refractivity contribution in [1.29, 1.82) is 0 Å². The Labute approximate surface area is 251 Å². The van der Waals surface area contributed by atoms with Gasteiger partial charge in [0.1, 0.15) is 5.82 Å². The first-order chi connectivity index (χ1) is 21.0. The third kappa shape index (κ3) is 7.99.